The molecular weight excluding hydrogens is 438 g/mol. The number of aryl methyl sites for hydroxylation is 1. The lowest BCUT2D eigenvalue weighted by Crippen LogP contribution is -2.23. The molecule has 4 aromatic rings. The molecule has 3 heterocycles. The Bertz CT molecular complexity index is 1280. The lowest BCUT2D eigenvalue weighted by atomic mass is 10.1. The number of rotatable bonds is 7. The third-order valence-corrected chi connectivity index (χ3v) is 6.76. The standard InChI is InChI=1S/C20H17N5O2S3/c1-3-9-25-18(27)16-14(13-7-5-4-6-8-13)10-28-17(16)22-20(25)29-11-15(26)21-19-24-23-12(2)30-19/h3-8,10H,1,9,11H2,2H3,(H,21,24,26). The number of allylic oxidation sites excluding steroid dienone is 1. The number of carbonyl (C=O) groups is 1. The molecule has 0 saturated carbocycles. The highest BCUT2D eigenvalue weighted by Crippen LogP contribution is 2.32. The summed E-state index contributed by atoms with van der Waals surface area (Å²) in [6.07, 6.45) is 1.65. The Hall–Kier alpha value is -2.82. The minimum Gasteiger partial charge on any atom is -0.300 e. The highest BCUT2D eigenvalue weighted by Gasteiger charge is 2.18. The van der Waals surface area contributed by atoms with Crippen LogP contribution >= 0.6 is 34.4 Å². The van der Waals surface area contributed by atoms with Crippen LogP contribution in [0, 0.1) is 6.92 Å². The van der Waals surface area contributed by atoms with Gasteiger partial charge in [-0.25, -0.2) is 4.98 Å². The molecule has 0 aliphatic carbocycles. The number of hydrogen-bond donors (Lipinski definition) is 1. The summed E-state index contributed by atoms with van der Waals surface area (Å²) in [5.41, 5.74) is 1.70. The van der Waals surface area contributed by atoms with Crippen molar-refractivity contribution in [3.05, 3.63) is 63.7 Å². The van der Waals surface area contributed by atoms with Gasteiger partial charge in [-0.15, -0.1) is 28.1 Å². The van der Waals surface area contributed by atoms with Crippen LogP contribution in [-0.4, -0.2) is 31.4 Å². The summed E-state index contributed by atoms with van der Waals surface area (Å²) >= 11 is 3.94. The van der Waals surface area contributed by atoms with E-state index in [0.29, 0.717) is 27.0 Å². The van der Waals surface area contributed by atoms with Crippen molar-refractivity contribution in [3.63, 3.8) is 0 Å². The molecule has 1 aromatic carbocycles. The zero-order chi connectivity index (χ0) is 21.1. The van der Waals surface area contributed by atoms with Gasteiger partial charge in [0, 0.05) is 17.5 Å². The first-order chi connectivity index (χ1) is 14.6. The van der Waals surface area contributed by atoms with Crippen molar-refractivity contribution >= 4 is 55.7 Å². The average Bonchev–Trinajstić information content (AvgIpc) is 3.35. The Labute approximate surface area is 184 Å². The summed E-state index contributed by atoms with van der Waals surface area (Å²) in [4.78, 5) is 30.9. The fourth-order valence-electron chi connectivity index (χ4n) is 2.87. The first-order valence-corrected chi connectivity index (χ1v) is 11.7. The molecule has 0 atom stereocenters. The van der Waals surface area contributed by atoms with Crippen molar-refractivity contribution in [2.45, 2.75) is 18.6 Å². The predicted octanol–water partition coefficient (Wildman–Crippen LogP) is 4.20. The number of fused-ring (bicyclic) bond motifs is 1. The molecule has 30 heavy (non-hydrogen) atoms. The van der Waals surface area contributed by atoms with Gasteiger partial charge in [0.1, 0.15) is 9.84 Å². The quantitative estimate of drug-likeness (QED) is 0.255. The number of anilines is 1. The van der Waals surface area contributed by atoms with Gasteiger partial charge in [0.15, 0.2) is 5.16 Å². The molecule has 0 fully saturated rings. The molecule has 0 aliphatic heterocycles. The SMILES string of the molecule is C=CCn1c(SCC(=O)Nc2nnc(C)s2)nc2scc(-c3ccccc3)c2c1=O. The van der Waals surface area contributed by atoms with Gasteiger partial charge in [0.2, 0.25) is 11.0 Å². The predicted molar refractivity (Wildman–Crippen MR) is 124 cm³/mol. The summed E-state index contributed by atoms with van der Waals surface area (Å²) < 4.78 is 1.56. The first kappa shape index (κ1) is 20.5. The van der Waals surface area contributed by atoms with E-state index in [0.717, 1.165) is 16.1 Å². The third-order valence-electron chi connectivity index (χ3n) is 4.16. The molecule has 3 aromatic heterocycles. The van der Waals surface area contributed by atoms with Crippen LogP contribution in [0.2, 0.25) is 0 Å². The molecule has 0 bridgehead atoms. The molecule has 0 unspecified atom stereocenters. The molecule has 1 amide bonds. The van der Waals surface area contributed by atoms with Gasteiger partial charge in [0.25, 0.3) is 5.56 Å². The van der Waals surface area contributed by atoms with Crippen molar-refractivity contribution in [2.24, 2.45) is 0 Å². The highest BCUT2D eigenvalue weighted by atomic mass is 32.2. The molecule has 0 saturated heterocycles. The van der Waals surface area contributed by atoms with E-state index in [1.165, 1.54) is 34.4 Å². The number of hydrogen-bond acceptors (Lipinski definition) is 8. The zero-order valence-electron chi connectivity index (χ0n) is 16.0. The monoisotopic (exact) mass is 455 g/mol. The summed E-state index contributed by atoms with van der Waals surface area (Å²) in [6, 6.07) is 9.77. The van der Waals surface area contributed by atoms with Crippen molar-refractivity contribution < 1.29 is 4.79 Å². The average molecular weight is 456 g/mol. The van der Waals surface area contributed by atoms with E-state index in [-0.39, 0.29) is 17.2 Å². The maximum absolute atomic E-state index is 13.3. The second-order valence-corrected chi connectivity index (χ2v) is 9.24. The van der Waals surface area contributed by atoms with Crippen LogP contribution in [0.3, 0.4) is 0 Å². The van der Waals surface area contributed by atoms with Crippen LogP contribution < -0.4 is 10.9 Å². The van der Waals surface area contributed by atoms with E-state index < -0.39 is 0 Å². The molecule has 152 valence electrons. The molecule has 10 heteroatoms. The van der Waals surface area contributed by atoms with Gasteiger partial charge in [-0.2, -0.15) is 0 Å². The summed E-state index contributed by atoms with van der Waals surface area (Å²) in [6.45, 7) is 5.88. The van der Waals surface area contributed by atoms with Crippen LogP contribution in [0.1, 0.15) is 5.01 Å². The van der Waals surface area contributed by atoms with Crippen molar-refractivity contribution in [1.29, 1.82) is 0 Å². The smallest absolute Gasteiger partial charge is 0.263 e. The number of thiophene rings is 1. The van der Waals surface area contributed by atoms with Gasteiger partial charge in [-0.05, 0) is 12.5 Å². The molecule has 7 nitrogen and oxygen atoms in total. The van der Waals surface area contributed by atoms with Gasteiger partial charge in [-0.1, -0.05) is 59.5 Å². The minimum atomic E-state index is -0.230. The van der Waals surface area contributed by atoms with Gasteiger partial charge >= 0.3 is 0 Å². The second kappa shape index (κ2) is 8.90. The lowest BCUT2D eigenvalue weighted by Gasteiger charge is -2.10. The molecular formula is C20H17N5O2S3. The summed E-state index contributed by atoms with van der Waals surface area (Å²) in [7, 11) is 0. The number of thioether (sulfide) groups is 1. The lowest BCUT2D eigenvalue weighted by molar-refractivity contribution is -0.113. The fourth-order valence-corrected chi connectivity index (χ4v) is 5.27. The number of nitrogens with zero attached hydrogens (tertiary/aromatic N) is 4. The molecule has 4 rings (SSSR count). The Balaban J connectivity index is 1.64. The normalized spacial score (nSPS) is 11.0. The van der Waals surface area contributed by atoms with Crippen molar-refractivity contribution in [2.75, 3.05) is 11.1 Å². The van der Waals surface area contributed by atoms with Crippen LogP contribution in [0.5, 0.6) is 0 Å². The molecule has 0 spiro atoms. The van der Waals surface area contributed by atoms with Crippen LogP contribution in [0.4, 0.5) is 5.13 Å². The van der Waals surface area contributed by atoms with Gasteiger partial charge in [-0.3, -0.25) is 19.5 Å². The highest BCUT2D eigenvalue weighted by molar-refractivity contribution is 7.99. The van der Waals surface area contributed by atoms with Crippen molar-refractivity contribution in [1.82, 2.24) is 19.7 Å². The van der Waals surface area contributed by atoms with Crippen molar-refractivity contribution in [3.8, 4) is 11.1 Å². The van der Waals surface area contributed by atoms with E-state index in [4.69, 9.17) is 0 Å². The van der Waals surface area contributed by atoms with E-state index in [2.05, 4.69) is 27.1 Å². The molecule has 0 radical (unpaired) electrons. The van der Waals surface area contributed by atoms with Gasteiger partial charge < -0.3 is 0 Å². The van der Waals surface area contributed by atoms with Crippen LogP contribution in [-0.2, 0) is 11.3 Å². The number of carbonyl (C=O) groups excluding carboxylic acids is 1. The second-order valence-electron chi connectivity index (χ2n) is 6.26. The van der Waals surface area contributed by atoms with E-state index in [9.17, 15) is 9.59 Å². The Morgan fingerprint density at radius 2 is 2.10 bits per heavy atom. The largest absolute Gasteiger partial charge is 0.300 e. The van der Waals surface area contributed by atoms with Crippen LogP contribution in [0.25, 0.3) is 21.3 Å². The Morgan fingerprint density at radius 3 is 2.80 bits per heavy atom. The van der Waals surface area contributed by atoms with Gasteiger partial charge in [0.05, 0.1) is 11.1 Å². The van der Waals surface area contributed by atoms with E-state index >= 15 is 0 Å². The minimum absolute atomic E-state index is 0.102. The Kier molecular flexibility index (Phi) is 6.07. The number of nitrogens with one attached hydrogen (secondary N) is 1. The summed E-state index contributed by atoms with van der Waals surface area (Å²) in [5, 5.41) is 14.7. The Morgan fingerprint density at radius 1 is 1.30 bits per heavy atom. The number of benzene rings is 1. The van der Waals surface area contributed by atoms with Crippen LogP contribution in [0.15, 0.2) is 58.3 Å². The maximum Gasteiger partial charge on any atom is 0.263 e. The number of amides is 1. The molecule has 1 N–H and O–H groups in total. The topological polar surface area (TPSA) is 89.8 Å². The molecule has 0 aliphatic rings. The maximum atomic E-state index is 13.3. The fraction of sp³-hybridized carbons (Fsp3) is 0.150. The number of aromatic nitrogens is 4. The van der Waals surface area contributed by atoms with E-state index in [1.807, 2.05) is 42.6 Å². The first-order valence-electron chi connectivity index (χ1n) is 8.98. The summed E-state index contributed by atoms with van der Waals surface area (Å²) in [5.74, 6) is -0.128. The third kappa shape index (κ3) is 4.20. The zero-order valence-corrected chi connectivity index (χ0v) is 18.4. The van der Waals surface area contributed by atoms with E-state index in [1.54, 1.807) is 10.6 Å².